The van der Waals surface area contributed by atoms with Crippen molar-refractivity contribution in [3.8, 4) is 0 Å². The molecule has 0 aliphatic rings. The molecule has 9 nitrogen and oxygen atoms in total. The molecule has 1 amide bonds. The Hall–Kier alpha value is -4.27. The Kier molecular flexibility index (Phi) is 6.03. The van der Waals surface area contributed by atoms with Crippen molar-refractivity contribution < 1.29 is 14.3 Å². The highest BCUT2D eigenvalue weighted by Crippen LogP contribution is 2.28. The quantitative estimate of drug-likeness (QED) is 0.347. The lowest BCUT2D eigenvalue weighted by atomic mass is 10.1. The number of hydrogen-bond acceptors (Lipinski definition) is 7. The number of ether oxygens (including phenoxy) is 1. The number of rotatable bonds is 6. The maximum Gasteiger partial charge on any atom is 0.337 e. The van der Waals surface area contributed by atoms with Gasteiger partial charge in [0.05, 0.1) is 29.9 Å². The maximum atomic E-state index is 13.0. The first-order chi connectivity index (χ1) is 15.9. The molecular formula is C24H24N6O3. The Morgan fingerprint density at radius 2 is 1.82 bits per heavy atom. The normalized spacial score (nSPS) is 12.3. The van der Waals surface area contributed by atoms with Crippen LogP contribution >= 0.6 is 0 Å². The fraction of sp³-hybridized carbons (Fsp3) is 0.208. The molecule has 2 heterocycles. The van der Waals surface area contributed by atoms with Crippen LogP contribution in [-0.2, 0) is 4.74 Å². The summed E-state index contributed by atoms with van der Waals surface area (Å²) in [5, 5.41) is 7.42. The molecule has 0 aliphatic heterocycles. The van der Waals surface area contributed by atoms with Gasteiger partial charge in [-0.2, -0.15) is 9.78 Å². The van der Waals surface area contributed by atoms with Gasteiger partial charge in [-0.25, -0.2) is 14.8 Å². The van der Waals surface area contributed by atoms with Gasteiger partial charge in [0.25, 0.3) is 5.91 Å². The zero-order chi connectivity index (χ0) is 23.5. The van der Waals surface area contributed by atoms with Crippen molar-refractivity contribution in [1.29, 1.82) is 0 Å². The third-order valence-corrected chi connectivity index (χ3v) is 5.34. The Morgan fingerprint density at radius 3 is 2.45 bits per heavy atom. The Morgan fingerprint density at radius 1 is 1.15 bits per heavy atom. The third kappa shape index (κ3) is 4.25. The number of aromatic nitrogens is 3. The van der Waals surface area contributed by atoms with Gasteiger partial charge >= 0.3 is 5.97 Å². The van der Waals surface area contributed by atoms with Crippen molar-refractivity contribution in [2.24, 2.45) is 5.10 Å². The summed E-state index contributed by atoms with van der Waals surface area (Å²) in [6.45, 7) is 3.91. The number of nitrogens with two attached hydrogens (primary N) is 1. The van der Waals surface area contributed by atoms with Crippen LogP contribution in [0.3, 0.4) is 0 Å². The van der Waals surface area contributed by atoms with E-state index in [-0.39, 0.29) is 23.3 Å². The minimum absolute atomic E-state index is 0.0273. The minimum atomic E-state index is -0.418. The molecule has 4 aromatic rings. The Labute approximate surface area is 190 Å². The number of methoxy groups -OCH3 is 1. The number of amides is 1. The zero-order valence-corrected chi connectivity index (χ0v) is 18.6. The lowest BCUT2D eigenvalue weighted by molar-refractivity contribution is 0.0600. The summed E-state index contributed by atoms with van der Waals surface area (Å²) in [6.07, 6.45) is 2.35. The molecule has 2 aromatic carbocycles. The van der Waals surface area contributed by atoms with Crippen molar-refractivity contribution in [1.82, 2.24) is 20.0 Å². The number of anilines is 1. The van der Waals surface area contributed by atoms with E-state index in [9.17, 15) is 9.59 Å². The summed E-state index contributed by atoms with van der Waals surface area (Å²) in [7, 11) is 1.33. The lowest BCUT2D eigenvalue weighted by Gasteiger charge is -2.11. The van der Waals surface area contributed by atoms with E-state index in [2.05, 4.69) is 20.4 Å². The third-order valence-electron chi connectivity index (χ3n) is 5.34. The van der Waals surface area contributed by atoms with Crippen LogP contribution in [0.2, 0.25) is 0 Å². The van der Waals surface area contributed by atoms with Gasteiger partial charge in [-0.3, -0.25) is 4.79 Å². The van der Waals surface area contributed by atoms with Gasteiger partial charge in [-0.1, -0.05) is 31.2 Å². The molecule has 0 aliphatic carbocycles. The molecule has 33 heavy (non-hydrogen) atoms. The first kappa shape index (κ1) is 21.9. The highest BCUT2D eigenvalue weighted by Gasteiger charge is 2.24. The van der Waals surface area contributed by atoms with E-state index in [0.717, 1.165) is 12.0 Å². The Balaban J connectivity index is 1.82. The maximum absolute atomic E-state index is 13.0. The lowest BCUT2D eigenvalue weighted by Crippen LogP contribution is -2.32. The van der Waals surface area contributed by atoms with Crippen LogP contribution in [0.5, 0.6) is 0 Å². The number of fused-ring (bicyclic) bond motifs is 2. The van der Waals surface area contributed by atoms with E-state index >= 15 is 0 Å². The van der Waals surface area contributed by atoms with E-state index < -0.39 is 5.97 Å². The molecule has 2 aromatic heterocycles. The largest absolute Gasteiger partial charge is 0.465 e. The van der Waals surface area contributed by atoms with Gasteiger partial charge in [-0.15, -0.1) is 0 Å². The van der Waals surface area contributed by atoms with E-state index in [0.29, 0.717) is 27.8 Å². The Bertz CT molecular complexity index is 1370. The summed E-state index contributed by atoms with van der Waals surface area (Å²) in [5.74, 6) is -0.602. The number of carbonyl (C=O) groups excluding carboxylic acids is 2. The number of hydrogen-bond donors (Lipinski definition) is 2. The molecule has 1 atom stereocenters. The van der Waals surface area contributed by atoms with Crippen molar-refractivity contribution >= 4 is 46.1 Å². The average molecular weight is 444 g/mol. The van der Waals surface area contributed by atoms with E-state index in [1.807, 2.05) is 38.1 Å². The summed E-state index contributed by atoms with van der Waals surface area (Å²) >= 11 is 0. The topological polar surface area (TPSA) is 124 Å². The van der Waals surface area contributed by atoms with Gasteiger partial charge in [0.2, 0.25) is 0 Å². The van der Waals surface area contributed by atoms with Gasteiger partial charge in [-0.05, 0) is 43.2 Å². The molecule has 3 N–H and O–H groups in total. The van der Waals surface area contributed by atoms with E-state index in [4.69, 9.17) is 10.5 Å². The summed E-state index contributed by atoms with van der Waals surface area (Å²) in [4.78, 5) is 34.0. The minimum Gasteiger partial charge on any atom is -0.465 e. The molecule has 0 unspecified atom stereocenters. The highest BCUT2D eigenvalue weighted by molar-refractivity contribution is 6.10. The first-order valence-electron chi connectivity index (χ1n) is 10.5. The standard InChI is InChI=1S/C24H24N6O3/c1-4-14(2)27-23(31)19-20-22(29-18-8-6-5-7-17(18)28-20)30(21(19)25)26-13-15-9-11-16(12-10-15)24(32)33-3/h5-14H,4,25H2,1-3H3,(H,27,31)/b26-13-/t14-/m0/s1. The van der Waals surface area contributed by atoms with Gasteiger partial charge in [0.15, 0.2) is 5.65 Å². The number of carbonyl (C=O) groups is 2. The van der Waals surface area contributed by atoms with Crippen LogP contribution in [0, 0.1) is 0 Å². The predicted octanol–water partition coefficient (Wildman–Crippen LogP) is 3.36. The second kappa shape index (κ2) is 9.07. The number of benzene rings is 2. The van der Waals surface area contributed by atoms with E-state index in [1.165, 1.54) is 11.8 Å². The molecule has 4 rings (SSSR count). The molecule has 0 saturated heterocycles. The van der Waals surface area contributed by atoms with Crippen molar-refractivity contribution in [3.63, 3.8) is 0 Å². The van der Waals surface area contributed by atoms with Crippen LogP contribution in [-0.4, -0.2) is 45.9 Å². The molecule has 0 radical (unpaired) electrons. The van der Waals surface area contributed by atoms with Crippen molar-refractivity contribution in [2.75, 3.05) is 12.8 Å². The number of nitrogen functional groups attached to an aromatic ring is 1. The second-order valence-electron chi connectivity index (χ2n) is 7.60. The SMILES string of the molecule is CC[C@H](C)NC(=O)c1c(N)n(/N=C\c2ccc(C(=O)OC)cc2)c2nc3ccccc3nc12. The predicted molar refractivity (Wildman–Crippen MR) is 127 cm³/mol. The fourth-order valence-electron chi connectivity index (χ4n) is 3.33. The summed E-state index contributed by atoms with van der Waals surface area (Å²) in [5.41, 5.74) is 9.86. The van der Waals surface area contributed by atoms with Crippen LogP contribution in [0.15, 0.2) is 53.6 Å². The average Bonchev–Trinajstić information content (AvgIpc) is 3.10. The van der Waals surface area contributed by atoms with Crippen molar-refractivity contribution in [2.45, 2.75) is 26.3 Å². The second-order valence-corrected chi connectivity index (χ2v) is 7.60. The smallest absolute Gasteiger partial charge is 0.337 e. The molecule has 0 bridgehead atoms. The van der Waals surface area contributed by atoms with Crippen LogP contribution < -0.4 is 11.1 Å². The summed E-state index contributed by atoms with van der Waals surface area (Å²) in [6, 6.07) is 14.1. The highest BCUT2D eigenvalue weighted by atomic mass is 16.5. The van der Waals surface area contributed by atoms with Gasteiger partial charge in [0, 0.05) is 6.04 Å². The fourth-order valence-corrected chi connectivity index (χ4v) is 3.33. The van der Waals surface area contributed by atoms with Crippen LogP contribution in [0.25, 0.3) is 22.2 Å². The van der Waals surface area contributed by atoms with Crippen LogP contribution in [0.4, 0.5) is 5.82 Å². The van der Waals surface area contributed by atoms with Gasteiger partial charge in [0.1, 0.15) is 16.9 Å². The number of esters is 1. The summed E-state index contributed by atoms with van der Waals surface area (Å²) < 4.78 is 6.13. The van der Waals surface area contributed by atoms with Gasteiger partial charge < -0.3 is 15.8 Å². The van der Waals surface area contributed by atoms with Crippen LogP contribution in [0.1, 0.15) is 46.5 Å². The molecule has 168 valence electrons. The number of nitrogens with zero attached hydrogens (tertiary/aromatic N) is 4. The molecule has 9 heteroatoms. The zero-order valence-electron chi connectivity index (χ0n) is 18.6. The molecular weight excluding hydrogens is 420 g/mol. The first-order valence-corrected chi connectivity index (χ1v) is 10.5. The van der Waals surface area contributed by atoms with E-state index in [1.54, 1.807) is 30.5 Å². The monoisotopic (exact) mass is 444 g/mol. The number of nitrogens with one attached hydrogen (secondary N) is 1. The molecule has 0 fully saturated rings. The molecule has 0 spiro atoms. The van der Waals surface area contributed by atoms with Crippen molar-refractivity contribution in [3.05, 3.63) is 65.2 Å². The molecule has 0 saturated carbocycles. The number of para-hydroxylation sites is 2.